The summed E-state index contributed by atoms with van der Waals surface area (Å²) in [4.78, 5) is 24.2. The number of allylic oxidation sites excluding steroid dienone is 1. The van der Waals surface area contributed by atoms with Crippen molar-refractivity contribution in [1.29, 1.82) is 0 Å². The van der Waals surface area contributed by atoms with E-state index in [9.17, 15) is 14.0 Å². The number of hydrogen-bond acceptors (Lipinski definition) is 2. The molecule has 0 bridgehead atoms. The molecule has 0 radical (unpaired) electrons. The Balaban J connectivity index is 1.64. The molecule has 0 saturated heterocycles. The molecule has 0 heterocycles. The second kappa shape index (κ2) is 6.32. The SMILES string of the molecule is CCC1C[C@H]2[C@@H]3CCC4=CC(=O)CC[C@@H]4[C@H]3CC[C@]2(C)[C@H]1C(=O)CF. The third kappa shape index (κ3) is 2.56. The zero-order valence-electron chi connectivity index (χ0n) is 15.6. The van der Waals surface area contributed by atoms with Gasteiger partial charge in [-0.3, -0.25) is 9.59 Å². The zero-order valence-corrected chi connectivity index (χ0v) is 15.6. The van der Waals surface area contributed by atoms with Crippen LogP contribution in [0.25, 0.3) is 0 Å². The van der Waals surface area contributed by atoms with E-state index >= 15 is 0 Å². The topological polar surface area (TPSA) is 34.1 Å². The van der Waals surface area contributed by atoms with Crippen LogP contribution in [-0.2, 0) is 9.59 Å². The number of Topliss-reactive ketones (excluding diaryl/α,β-unsaturated/α-hetero) is 1. The van der Waals surface area contributed by atoms with Crippen LogP contribution in [0.3, 0.4) is 0 Å². The largest absolute Gasteiger partial charge is 0.296 e. The monoisotopic (exact) mass is 346 g/mol. The average Bonchev–Trinajstić information content (AvgIpc) is 2.93. The number of carbonyl (C=O) groups excluding carboxylic acids is 2. The lowest BCUT2D eigenvalue weighted by atomic mass is 9.51. The minimum absolute atomic E-state index is 0.00325. The standard InChI is InChI=1S/C22H31FO2/c1-3-13-11-19-18-6-4-14-10-15(24)5-7-16(14)17(18)8-9-22(19,2)21(13)20(25)12-23/h10,13,16-19,21H,3-9,11-12H2,1-2H3/t13?,16-,17+,18+,19-,21+,22-/m0/s1. The number of hydrogen-bond donors (Lipinski definition) is 0. The lowest BCUT2D eigenvalue weighted by Crippen LogP contribution is -2.48. The lowest BCUT2D eigenvalue weighted by Gasteiger charge is -2.53. The Labute approximate surface area is 150 Å². The Kier molecular flexibility index (Phi) is 4.40. The molecule has 0 N–H and O–H groups in total. The van der Waals surface area contributed by atoms with Crippen molar-refractivity contribution in [3.8, 4) is 0 Å². The zero-order chi connectivity index (χ0) is 17.8. The summed E-state index contributed by atoms with van der Waals surface area (Å²) in [6.45, 7) is 3.66. The predicted octanol–water partition coefficient (Wildman–Crippen LogP) is 4.92. The number of fused-ring (bicyclic) bond motifs is 5. The second-order valence-electron chi connectivity index (χ2n) is 9.33. The van der Waals surface area contributed by atoms with Gasteiger partial charge in [-0.15, -0.1) is 0 Å². The Hall–Kier alpha value is -0.990. The van der Waals surface area contributed by atoms with Crippen molar-refractivity contribution < 1.29 is 14.0 Å². The van der Waals surface area contributed by atoms with E-state index in [2.05, 4.69) is 13.8 Å². The van der Waals surface area contributed by atoms with Crippen LogP contribution < -0.4 is 0 Å². The molecule has 138 valence electrons. The molecule has 25 heavy (non-hydrogen) atoms. The van der Waals surface area contributed by atoms with Gasteiger partial charge in [-0.2, -0.15) is 0 Å². The van der Waals surface area contributed by atoms with Crippen molar-refractivity contribution >= 4 is 11.6 Å². The smallest absolute Gasteiger partial charge is 0.167 e. The molecule has 0 amide bonds. The number of rotatable bonds is 3. The van der Waals surface area contributed by atoms with Crippen LogP contribution in [0.1, 0.15) is 65.2 Å². The third-order valence-corrected chi connectivity index (χ3v) is 8.48. The van der Waals surface area contributed by atoms with Crippen LogP contribution in [0.4, 0.5) is 4.39 Å². The fourth-order valence-electron chi connectivity index (χ4n) is 7.48. The summed E-state index contributed by atoms with van der Waals surface area (Å²) in [7, 11) is 0. The molecular formula is C22H31FO2. The summed E-state index contributed by atoms with van der Waals surface area (Å²) in [5.41, 5.74) is 1.40. The first-order valence-electron chi connectivity index (χ1n) is 10.3. The normalized spacial score (nSPS) is 46.0. The first-order valence-corrected chi connectivity index (χ1v) is 10.3. The highest BCUT2D eigenvalue weighted by Gasteiger charge is 2.60. The molecule has 0 aromatic heterocycles. The van der Waals surface area contributed by atoms with Crippen molar-refractivity contribution in [2.75, 3.05) is 6.67 Å². The van der Waals surface area contributed by atoms with Gasteiger partial charge in [-0.05, 0) is 79.6 Å². The van der Waals surface area contributed by atoms with E-state index in [1.807, 2.05) is 6.08 Å². The van der Waals surface area contributed by atoms with Crippen LogP contribution in [-0.4, -0.2) is 18.2 Å². The quantitative estimate of drug-likeness (QED) is 0.727. The molecule has 3 heteroatoms. The lowest BCUT2D eigenvalue weighted by molar-refractivity contribution is -0.131. The maximum atomic E-state index is 13.3. The van der Waals surface area contributed by atoms with Gasteiger partial charge in [0.05, 0.1) is 0 Å². The van der Waals surface area contributed by atoms with E-state index < -0.39 is 6.67 Å². The predicted molar refractivity (Wildman–Crippen MR) is 95.7 cm³/mol. The Bertz CT molecular complexity index is 609. The first-order chi connectivity index (χ1) is 12.0. The van der Waals surface area contributed by atoms with Gasteiger partial charge in [0.15, 0.2) is 11.6 Å². The number of carbonyl (C=O) groups is 2. The summed E-state index contributed by atoms with van der Waals surface area (Å²) in [6.07, 6.45) is 10.2. The number of alkyl halides is 1. The third-order valence-electron chi connectivity index (χ3n) is 8.48. The van der Waals surface area contributed by atoms with Crippen molar-refractivity contribution in [1.82, 2.24) is 0 Å². The molecule has 4 rings (SSSR count). The summed E-state index contributed by atoms with van der Waals surface area (Å²) < 4.78 is 13.3. The maximum Gasteiger partial charge on any atom is 0.167 e. The molecule has 0 aromatic carbocycles. The van der Waals surface area contributed by atoms with E-state index in [1.165, 1.54) is 5.57 Å². The summed E-state index contributed by atoms with van der Waals surface area (Å²) in [5, 5.41) is 0. The average molecular weight is 346 g/mol. The van der Waals surface area contributed by atoms with Gasteiger partial charge < -0.3 is 0 Å². The Morgan fingerprint density at radius 2 is 2.04 bits per heavy atom. The molecule has 4 aliphatic carbocycles. The molecule has 0 aromatic rings. The van der Waals surface area contributed by atoms with E-state index in [-0.39, 0.29) is 17.1 Å². The highest BCUT2D eigenvalue weighted by molar-refractivity contribution is 5.91. The summed E-state index contributed by atoms with van der Waals surface area (Å²) in [5.74, 6) is 2.97. The van der Waals surface area contributed by atoms with Crippen molar-refractivity contribution in [3.05, 3.63) is 11.6 Å². The molecule has 0 aliphatic heterocycles. The first kappa shape index (κ1) is 17.4. The van der Waals surface area contributed by atoms with Crippen LogP contribution >= 0.6 is 0 Å². The number of halogens is 1. The summed E-state index contributed by atoms with van der Waals surface area (Å²) >= 11 is 0. The second-order valence-corrected chi connectivity index (χ2v) is 9.33. The molecule has 3 saturated carbocycles. The van der Waals surface area contributed by atoms with Gasteiger partial charge >= 0.3 is 0 Å². The molecule has 1 unspecified atom stereocenters. The highest BCUT2D eigenvalue weighted by Crippen LogP contribution is 2.65. The molecule has 0 spiro atoms. The van der Waals surface area contributed by atoms with Crippen LogP contribution in [0.15, 0.2) is 11.6 Å². The van der Waals surface area contributed by atoms with Gasteiger partial charge in [-0.25, -0.2) is 4.39 Å². The molecule has 3 fully saturated rings. The van der Waals surface area contributed by atoms with E-state index in [1.54, 1.807) is 0 Å². The highest BCUT2D eigenvalue weighted by atomic mass is 19.1. The van der Waals surface area contributed by atoms with Crippen LogP contribution in [0.5, 0.6) is 0 Å². The van der Waals surface area contributed by atoms with Crippen LogP contribution in [0, 0.1) is 40.9 Å². The Morgan fingerprint density at radius 1 is 1.24 bits per heavy atom. The van der Waals surface area contributed by atoms with Gasteiger partial charge in [0.2, 0.25) is 0 Å². The van der Waals surface area contributed by atoms with Gasteiger partial charge in [0.1, 0.15) is 6.67 Å². The molecule has 4 aliphatic rings. The summed E-state index contributed by atoms with van der Waals surface area (Å²) in [6, 6.07) is 0. The van der Waals surface area contributed by atoms with Crippen molar-refractivity contribution in [2.24, 2.45) is 40.9 Å². The number of ketones is 2. The fourth-order valence-corrected chi connectivity index (χ4v) is 7.48. The van der Waals surface area contributed by atoms with E-state index in [0.717, 1.165) is 44.9 Å². The van der Waals surface area contributed by atoms with E-state index in [0.29, 0.717) is 41.8 Å². The van der Waals surface area contributed by atoms with Crippen molar-refractivity contribution in [2.45, 2.75) is 65.2 Å². The van der Waals surface area contributed by atoms with Gasteiger partial charge in [-0.1, -0.05) is 25.8 Å². The molecular weight excluding hydrogens is 315 g/mol. The van der Waals surface area contributed by atoms with Crippen molar-refractivity contribution in [3.63, 3.8) is 0 Å². The Morgan fingerprint density at radius 3 is 2.76 bits per heavy atom. The van der Waals surface area contributed by atoms with Crippen LogP contribution in [0.2, 0.25) is 0 Å². The van der Waals surface area contributed by atoms with E-state index in [4.69, 9.17) is 0 Å². The molecule has 2 nitrogen and oxygen atoms in total. The fraction of sp³-hybridized carbons (Fsp3) is 0.818. The maximum absolute atomic E-state index is 13.3. The van der Waals surface area contributed by atoms with Gasteiger partial charge in [0, 0.05) is 12.3 Å². The minimum atomic E-state index is -0.796. The molecule has 7 atom stereocenters. The van der Waals surface area contributed by atoms with Gasteiger partial charge in [0.25, 0.3) is 0 Å². The minimum Gasteiger partial charge on any atom is -0.296 e.